The molecule has 0 spiro atoms. The van der Waals surface area contributed by atoms with Crippen molar-refractivity contribution in [2.45, 2.75) is 6.54 Å². The Morgan fingerprint density at radius 2 is 1.96 bits per heavy atom. The lowest BCUT2D eigenvalue weighted by molar-refractivity contribution is 0.612. The van der Waals surface area contributed by atoms with E-state index in [9.17, 15) is 14.0 Å². The fraction of sp³-hybridized carbons (Fsp3) is 0.0588. The summed E-state index contributed by atoms with van der Waals surface area (Å²) in [6.07, 6.45) is 3.30. The zero-order valence-corrected chi connectivity index (χ0v) is 15.7. The summed E-state index contributed by atoms with van der Waals surface area (Å²) < 4.78 is 17.0. The van der Waals surface area contributed by atoms with Crippen LogP contribution in [0.3, 0.4) is 0 Å². The van der Waals surface area contributed by atoms with Crippen LogP contribution in [-0.2, 0) is 6.54 Å². The van der Waals surface area contributed by atoms with Crippen LogP contribution in [0.15, 0.2) is 52.3 Å². The summed E-state index contributed by atoms with van der Waals surface area (Å²) >= 11 is 12.9. The van der Waals surface area contributed by atoms with Crippen LogP contribution in [0.2, 0.25) is 9.49 Å². The Morgan fingerprint density at radius 3 is 2.70 bits per heavy atom. The maximum absolute atomic E-state index is 14.3. The molecule has 3 heterocycles. The van der Waals surface area contributed by atoms with E-state index < -0.39 is 17.1 Å². The van der Waals surface area contributed by atoms with E-state index in [1.807, 2.05) is 0 Å². The smallest absolute Gasteiger partial charge is 0.327 e. The average molecular weight is 423 g/mol. The van der Waals surface area contributed by atoms with Gasteiger partial charge in [0.05, 0.1) is 22.8 Å². The van der Waals surface area contributed by atoms with E-state index in [0.717, 1.165) is 4.88 Å². The van der Waals surface area contributed by atoms with Crippen molar-refractivity contribution in [1.29, 1.82) is 0 Å². The number of halogens is 3. The van der Waals surface area contributed by atoms with Gasteiger partial charge in [0, 0.05) is 17.3 Å². The van der Waals surface area contributed by atoms with E-state index in [0.29, 0.717) is 15.6 Å². The maximum atomic E-state index is 14.3. The van der Waals surface area contributed by atoms with Gasteiger partial charge < -0.3 is 4.57 Å². The van der Waals surface area contributed by atoms with Crippen LogP contribution in [0.1, 0.15) is 4.88 Å². The number of thiazole rings is 1. The molecule has 27 heavy (non-hydrogen) atoms. The van der Waals surface area contributed by atoms with Gasteiger partial charge in [-0.2, -0.15) is 4.98 Å². The summed E-state index contributed by atoms with van der Waals surface area (Å²) in [5.41, 5.74) is -1.64. The molecule has 6 nitrogen and oxygen atoms in total. The van der Waals surface area contributed by atoms with Crippen LogP contribution < -0.4 is 11.2 Å². The molecule has 0 N–H and O–H groups in total. The molecule has 0 saturated carbocycles. The van der Waals surface area contributed by atoms with E-state index in [1.54, 1.807) is 23.0 Å². The van der Waals surface area contributed by atoms with Gasteiger partial charge in [0.25, 0.3) is 5.56 Å². The molecule has 10 heteroatoms. The minimum Gasteiger partial charge on any atom is -0.327 e. The molecule has 136 valence electrons. The highest BCUT2D eigenvalue weighted by molar-refractivity contribution is 7.15. The lowest BCUT2D eigenvalue weighted by Gasteiger charge is -2.14. The van der Waals surface area contributed by atoms with Crippen molar-refractivity contribution in [3.05, 3.63) is 83.7 Å². The minimum absolute atomic E-state index is 0.173. The van der Waals surface area contributed by atoms with Gasteiger partial charge in [0.1, 0.15) is 0 Å². The van der Waals surface area contributed by atoms with Crippen molar-refractivity contribution in [3.63, 3.8) is 0 Å². The Kier molecular flexibility index (Phi) is 4.55. The van der Waals surface area contributed by atoms with Crippen LogP contribution in [0.5, 0.6) is 0 Å². The highest BCUT2D eigenvalue weighted by Gasteiger charge is 2.20. The quantitative estimate of drug-likeness (QED) is 0.506. The van der Waals surface area contributed by atoms with Crippen LogP contribution in [0.25, 0.3) is 17.1 Å². The first-order chi connectivity index (χ1) is 13.0. The van der Waals surface area contributed by atoms with Gasteiger partial charge in [0.2, 0.25) is 0 Å². The Hall–Kier alpha value is -2.55. The fourth-order valence-electron chi connectivity index (χ4n) is 2.71. The number of fused-ring (bicyclic) bond motifs is 1. The molecule has 0 bridgehead atoms. The molecule has 2 aromatic rings. The van der Waals surface area contributed by atoms with Gasteiger partial charge in [-0.05, 0) is 24.3 Å². The second-order valence-corrected chi connectivity index (χ2v) is 7.67. The molecule has 0 aliphatic carbocycles. The van der Waals surface area contributed by atoms with Gasteiger partial charge in [-0.3, -0.25) is 4.79 Å². The molecule has 0 fully saturated rings. The van der Waals surface area contributed by atoms with Gasteiger partial charge in [-0.1, -0.05) is 29.3 Å². The zero-order valence-electron chi connectivity index (χ0n) is 13.4. The van der Waals surface area contributed by atoms with Crippen molar-refractivity contribution >= 4 is 34.5 Å². The number of rotatable bonds is 3. The predicted molar refractivity (Wildman–Crippen MR) is 102 cm³/mol. The van der Waals surface area contributed by atoms with Gasteiger partial charge >= 0.3 is 5.69 Å². The summed E-state index contributed by atoms with van der Waals surface area (Å²) in [6, 6.07) is 7.26. The van der Waals surface area contributed by atoms with Crippen molar-refractivity contribution in [3.8, 4) is 17.1 Å². The molecule has 1 aromatic heterocycles. The third-order valence-corrected chi connectivity index (χ3v) is 5.28. The highest BCUT2D eigenvalue weighted by atomic mass is 35.5. The first kappa shape index (κ1) is 17.8. The molecule has 2 aliphatic rings. The Balaban J connectivity index is 1.92. The van der Waals surface area contributed by atoms with Crippen molar-refractivity contribution in [2.24, 2.45) is 0 Å². The molecule has 0 amide bonds. The summed E-state index contributed by atoms with van der Waals surface area (Å²) in [5, 5.41) is -0.191. The summed E-state index contributed by atoms with van der Waals surface area (Å²) in [5.74, 6) is -0.668. The predicted octanol–water partition coefficient (Wildman–Crippen LogP) is 3.45. The summed E-state index contributed by atoms with van der Waals surface area (Å²) in [4.78, 5) is 34.2. The normalized spacial score (nSPS) is 11.2. The van der Waals surface area contributed by atoms with Crippen molar-refractivity contribution < 1.29 is 4.39 Å². The van der Waals surface area contributed by atoms with Gasteiger partial charge in [0.15, 0.2) is 16.1 Å². The first-order valence-corrected chi connectivity index (χ1v) is 9.20. The Bertz CT molecular complexity index is 1250. The van der Waals surface area contributed by atoms with Crippen molar-refractivity contribution in [1.82, 2.24) is 19.1 Å². The van der Waals surface area contributed by atoms with E-state index in [4.69, 9.17) is 23.2 Å². The number of pyridine rings is 1. The number of aromatic nitrogens is 4. The third-order valence-electron chi connectivity index (χ3n) is 3.89. The highest BCUT2D eigenvalue weighted by Crippen LogP contribution is 2.23. The standard InChI is InChI=1S/C17H9Cl2FN4O2S/c18-11-4-1-5-12(13(11)20)24-15(25)10-3-2-6-23(14(10)22-17(24)26)8-9-7-21-16(19)27-9/h1-7H,8H2. The van der Waals surface area contributed by atoms with Gasteiger partial charge in [-0.25, -0.2) is 18.7 Å². The van der Waals surface area contributed by atoms with Crippen LogP contribution >= 0.6 is 34.5 Å². The molecule has 0 radical (unpaired) electrons. The molecule has 1 aromatic carbocycles. The topological polar surface area (TPSA) is 69.8 Å². The fourth-order valence-corrected chi connectivity index (χ4v) is 3.86. The number of hydrogen-bond acceptors (Lipinski definition) is 5. The molecule has 0 atom stereocenters. The van der Waals surface area contributed by atoms with Crippen molar-refractivity contribution in [2.75, 3.05) is 0 Å². The Labute approximate surface area is 165 Å². The molecule has 0 unspecified atom stereocenters. The summed E-state index contributed by atoms with van der Waals surface area (Å²) in [7, 11) is 0. The van der Waals surface area contributed by atoms with Gasteiger partial charge in [-0.15, -0.1) is 11.3 Å². The Morgan fingerprint density at radius 1 is 1.15 bits per heavy atom. The lowest BCUT2D eigenvalue weighted by atomic mass is 10.2. The molecule has 4 rings (SSSR count). The second kappa shape index (κ2) is 6.88. The third kappa shape index (κ3) is 3.16. The van der Waals surface area contributed by atoms with Crippen LogP contribution in [0.4, 0.5) is 4.39 Å². The number of benzene rings is 1. The molecule has 2 aliphatic heterocycles. The van der Waals surface area contributed by atoms with E-state index in [2.05, 4.69) is 9.97 Å². The SMILES string of the molecule is O=c1nc2n(Cc3cnc(Cl)s3)cccc-2c(=O)n1-c1cccc(Cl)c1F. The number of hydrogen-bond donors (Lipinski definition) is 0. The van der Waals surface area contributed by atoms with E-state index >= 15 is 0 Å². The molecular formula is C17H9Cl2FN4O2S. The molecule has 0 saturated heterocycles. The van der Waals surface area contributed by atoms with E-state index in [1.165, 1.54) is 35.6 Å². The molecular weight excluding hydrogens is 414 g/mol. The zero-order chi connectivity index (χ0) is 19.1. The van der Waals surface area contributed by atoms with Crippen LogP contribution in [0, 0.1) is 5.82 Å². The first-order valence-electron chi connectivity index (χ1n) is 7.62. The monoisotopic (exact) mass is 422 g/mol. The summed E-state index contributed by atoms with van der Waals surface area (Å²) in [6.45, 7) is 0.336. The lowest BCUT2D eigenvalue weighted by Crippen LogP contribution is -2.37. The maximum Gasteiger partial charge on any atom is 0.357 e. The number of nitrogens with zero attached hydrogens (tertiary/aromatic N) is 4. The minimum atomic E-state index is -0.893. The van der Waals surface area contributed by atoms with E-state index in [-0.39, 0.29) is 22.1 Å². The average Bonchev–Trinajstić information content (AvgIpc) is 3.04. The second-order valence-electron chi connectivity index (χ2n) is 5.56. The largest absolute Gasteiger partial charge is 0.357 e. The van der Waals surface area contributed by atoms with Crippen LogP contribution in [-0.4, -0.2) is 19.1 Å².